The Labute approximate surface area is 238 Å². The van der Waals surface area contributed by atoms with Gasteiger partial charge < -0.3 is 18.8 Å². The summed E-state index contributed by atoms with van der Waals surface area (Å²) < 4.78 is 45.4. The van der Waals surface area contributed by atoms with Crippen LogP contribution in [0.3, 0.4) is 0 Å². The van der Waals surface area contributed by atoms with Crippen molar-refractivity contribution in [1.82, 2.24) is 4.57 Å². The first-order valence-electron chi connectivity index (χ1n) is 12.8. The number of esters is 1. The van der Waals surface area contributed by atoms with E-state index in [1.165, 1.54) is 22.0 Å². The van der Waals surface area contributed by atoms with Gasteiger partial charge in [-0.25, -0.2) is 18.6 Å². The van der Waals surface area contributed by atoms with Crippen molar-refractivity contribution in [3.8, 4) is 5.75 Å². The molecule has 1 atom stereocenters. The van der Waals surface area contributed by atoms with E-state index in [9.17, 15) is 18.4 Å². The number of carbonyl (C=O) groups excluding carboxylic acids is 1. The molecule has 0 saturated heterocycles. The number of hydrogen-bond donors (Lipinski definition) is 0. The number of carbonyl (C=O) groups is 1. The highest BCUT2D eigenvalue weighted by molar-refractivity contribution is 7.07. The Bertz CT molecular complexity index is 1820. The zero-order valence-corrected chi connectivity index (χ0v) is 23.6. The van der Waals surface area contributed by atoms with E-state index in [0.29, 0.717) is 32.1 Å². The summed E-state index contributed by atoms with van der Waals surface area (Å²) in [7, 11) is 3.86. The molecule has 0 saturated carbocycles. The molecule has 212 valence electrons. The Kier molecular flexibility index (Phi) is 7.89. The third-order valence-corrected chi connectivity index (χ3v) is 7.44. The number of benzene rings is 2. The van der Waals surface area contributed by atoms with E-state index in [1.54, 1.807) is 32.1 Å². The van der Waals surface area contributed by atoms with E-state index < -0.39 is 23.6 Å². The Hall–Kier alpha value is -4.51. The number of furan rings is 1. The number of fused-ring (bicyclic) bond motifs is 1. The van der Waals surface area contributed by atoms with Crippen LogP contribution in [-0.2, 0) is 16.1 Å². The molecule has 41 heavy (non-hydrogen) atoms. The zero-order valence-electron chi connectivity index (χ0n) is 22.8. The highest BCUT2D eigenvalue weighted by atomic mass is 32.1. The average molecular weight is 580 g/mol. The maximum atomic E-state index is 13.9. The van der Waals surface area contributed by atoms with Gasteiger partial charge in [-0.05, 0) is 55.8 Å². The number of nitrogens with zero attached hydrogens (tertiary/aromatic N) is 3. The summed E-state index contributed by atoms with van der Waals surface area (Å²) in [6, 6.07) is 13.2. The van der Waals surface area contributed by atoms with Crippen molar-refractivity contribution in [1.29, 1.82) is 0 Å². The van der Waals surface area contributed by atoms with E-state index in [0.717, 1.165) is 23.4 Å². The Morgan fingerprint density at radius 1 is 1.15 bits per heavy atom. The summed E-state index contributed by atoms with van der Waals surface area (Å²) in [5.41, 5.74) is 2.15. The van der Waals surface area contributed by atoms with Crippen LogP contribution in [0.4, 0.5) is 14.5 Å². The van der Waals surface area contributed by atoms with Gasteiger partial charge in [-0.2, -0.15) is 0 Å². The topological polar surface area (TPSA) is 86.3 Å². The SMILES string of the molecule is CCOC(=O)C1=C(C)N=c2sc(=Cc3ccc(COc4ccc(F)cc4F)o3)c(=O)n2C1c1ccc(N(C)C)cc1. The monoisotopic (exact) mass is 579 g/mol. The molecule has 5 rings (SSSR count). The van der Waals surface area contributed by atoms with Gasteiger partial charge in [0.1, 0.15) is 23.9 Å². The van der Waals surface area contributed by atoms with Crippen LogP contribution < -0.4 is 24.5 Å². The van der Waals surface area contributed by atoms with Crippen molar-refractivity contribution in [3.63, 3.8) is 0 Å². The summed E-state index contributed by atoms with van der Waals surface area (Å²) in [5.74, 6) is -1.40. The molecule has 11 heteroatoms. The minimum absolute atomic E-state index is 0.0946. The predicted molar refractivity (Wildman–Crippen MR) is 151 cm³/mol. The molecule has 2 aromatic carbocycles. The smallest absolute Gasteiger partial charge is 0.338 e. The lowest BCUT2D eigenvalue weighted by atomic mass is 9.95. The number of ether oxygens (including phenoxy) is 2. The van der Waals surface area contributed by atoms with Gasteiger partial charge >= 0.3 is 5.97 Å². The molecule has 0 spiro atoms. The van der Waals surface area contributed by atoms with Gasteiger partial charge in [-0.3, -0.25) is 9.36 Å². The fourth-order valence-corrected chi connectivity index (χ4v) is 5.51. The van der Waals surface area contributed by atoms with Crippen LogP contribution in [0.25, 0.3) is 6.08 Å². The molecule has 0 bridgehead atoms. The lowest BCUT2D eigenvalue weighted by Gasteiger charge is -2.25. The molecule has 0 N–H and O–H groups in total. The van der Waals surface area contributed by atoms with Crippen LogP contribution in [-0.4, -0.2) is 31.2 Å². The minimum Gasteiger partial charge on any atom is -0.483 e. The van der Waals surface area contributed by atoms with Crippen LogP contribution in [0.5, 0.6) is 5.75 Å². The largest absolute Gasteiger partial charge is 0.483 e. The van der Waals surface area contributed by atoms with E-state index in [1.807, 2.05) is 43.3 Å². The highest BCUT2D eigenvalue weighted by Gasteiger charge is 2.33. The molecule has 1 unspecified atom stereocenters. The second kappa shape index (κ2) is 11.5. The number of allylic oxidation sites excluding steroid dienone is 1. The van der Waals surface area contributed by atoms with Crippen molar-refractivity contribution < 1.29 is 27.5 Å². The third kappa shape index (κ3) is 5.71. The maximum absolute atomic E-state index is 13.9. The van der Waals surface area contributed by atoms with Crippen molar-refractivity contribution >= 4 is 29.1 Å². The van der Waals surface area contributed by atoms with Gasteiger partial charge in [0, 0.05) is 31.9 Å². The fourth-order valence-electron chi connectivity index (χ4n) is 4.48. The lowest BCUT2D eigenvalue weighted by Crippen LogP contribution is -2.39. The maximum Gasteiger partial charge on any atom is 0.338 e. The van der Waals surface area contributed by atoms with Crippen molar-refractivity contribution in [2.24, 2.45) is 4.99 Å². The second-order valence-corrected chi connectivity index (χ2v) is 10.5. The van der Waals surface area contributed by atoms with Gasteiger partial charge in [0.15, 0.2) is 16.4 Å². The molecular formula is C30H27F2N3O5S. The fraction of sp³-hybridized carbons (Fsp3) is 0.233. The van der Waals surface area contributed by atoms with Crippen molar-refractivity contribution in [2.45, 2.75) is 26.5 Å². The number of thiazole rings is 1. The molecule has 0 fully saturated rings. The van der Waals surface area contributed by atoms with Crippen LogP contribution >= 0.6 is 11.3 Å². The summed E-state index contributed by atoms with van der Waals surface area (Å²) in [6.45, 7) is 3.54. The second-order valence-electron chi connectivity index (χ2n) is 9.46. The number of anilines is 1. The molecule has 4 aromatic rings. The molecule has 3 heterocycles. The van der Waals surface area contributed by atoms with Crippen LogP contribution in [0.2, 0.25) is 0 Å². The first-order chi connectivity index (χ1) is 19.7. The Morgan fingerprint density at radius 2 is 1.90 bits per heavy atom. The van der Waals surface area contributed by atoms with E-state index >= 15 is 0 Å². The average Bonchev–Trinajstić information content (AvgIpc) is 3.51. The van der Waals surface area contributed by atoms with Crippen LogP contribution in [0, 0.1) is 11.6 Å². The molecule has 0 aliphatic carbocycles. The van der Waals surface area contributed by atoms with E-state index in [2.05, 4.69) is 4.99 Å². The molecule has 1 aliphatic rings. The van der Waals surface area contributed by atoms with E-state index in [4.69, 9.17) is 13.9 Å². The van der Waals surface area contributed by atoms with Crippen molar-refractivity contribution in [3.05, 3.63) is 114 Å². The molecule has 0 amide bonds. The first-order valence-corrected chi connectivity index (χ1v) is 13.6. The summed E-state index contributed by atoms with van der Waals surface area (Å²) >= 11 is 1.17. The van der Waals surface area contributed by atoms with Gasteiger partial charge in [0.25, 0.3) is 5.56 Å². The van der Waals surface area contributed by atoms with Crippen LogP contribution in [0.15, 0.2) is 80.1 Å². The summed E-state index contributed by atoms with van der Waals surface area (Å²) in [4.78, 5) is 33.8. The summed E-state index contributed by atoms with van der Waals surface area (Å²) in [6.07, 6.45) is 1.58. The number of halogens is 2. The molecule has 8 nitrogen and oxygen atoms in total. The summed E-state index contributed by atoms with van der Waals surface area (Å²) in [5, 5.41) is 0. The Balaban J connectivity index is 1.51. The molecule has 0 radical (unpaired) electrons. The minimum atomic E-state index is -0.818. The lowest BCUT2D eigenvalue weighted by molar-refractivity contribution is -0.139. The predicted octanol–water partition coefficient (Wildman–Crippen LogP) is 4.31. The Morgan fingerprint density at radius 3 is 2.59 bits per heavy atom. The molecular weight excluding hydrogens is 552 g/mol. The van der Waals surface area contributed by atoms with E-state index in [-0.39, 0.29) is 24.5 Å². The number of hydrogen-bond acceptors (Lipinski definition) is 8. The number of rotatable bonds is 8. The quantitative estimate of drug-likeness (QED) is 0.289. The standard InChI is InChI=1S/C30H27F2N3O5S/c1-5-38-29(37)26-17(2)33-30-35(27(26)18-6-9-20(10-7-18)34(3)4)28(36)25(41-30)15-21-11-12-22(40-21)16-39-24-13-8-19(31)14-23(24)32/h6-15,27H,5,16H2,1-4H3. The van der Waals surface area contributed by atoms with Crippen LogP contribution in [0.1, 0.15) is 37.0 Å². The normalized spacial score (nSPS) is 15.0. The van der Waals surface area contributed by atoms with Gasteiger partial charge in [-0.1, -0.05) is 23.5 Å². The third-order valence-electron chi connectivity index (χ3n) is 6.46. The first kappa shape index (κ1) is 28.0. The van der Waals surface area contributed by atoms with Gasteiger partial charge in [0.2, 0.25) is 0 Å². The number of aromatic nitrogens is 1. The van der Waals surface area contributed by atoms with Crippen molar-refractivity contribution in [2.75, 3.05) is 25.6 Å². The highest BCUT2D eigenvalue weighted by Crippen LogP contribution is 2.31. The van der Waals surface area contributed by atoms with Gasteiger partial charge in [-0.15, -0.1) is 0 Å². The zero-order chi connectivity index (χ0) is 29.3. The van der Waals surface area contributed by atoms with Gasteiger partial charge in [0.05, 0.1) is 28.5 Å². The molecule has 2 aromatic heterocycles. The molecule has 1 aliphatic heterocycles.